The SMILES string of the molecule is CC1=CC(Nc2cc(N3CCN(c4ccc(C)cc4)CC3)nc(/C=C/c3ccccc3)n2)=NC1. The molecule has 0 bridgehead atoms. The second-order valence-corrected chi connectivity index (χ2v) is 8.84. The van der Waals surface area contributed by atoms with Crippen LogP contribution in [0, 0.1) is 6.92 Å². The van der Waals surface area contributed by atoms with E-state index in [1.807, 2.05) is 30.3 Å². The molecule has 1 saturated heterocycles. The van der Waals surface area contributed by atoms with Gasteiger partial charge in [0.2, 0.25) is 0 Å². The van der Waals surface area contributed by atoms with Crippen LogP contribution in [0.4, 0.5) is 17.3 Å². The molecule has 1 fully saturated rings. The molecular weight excluding hydrogens is 420 g/mol. The zero-order valence-corrected chi connectivity index (χ0v) is 19.8. The van der Waals surface area contributed by atoms with Gasteiger partial charge in [0.05, 0.1) is 6.54 Å². The minimum absolute atomic E-state index is 0.684. The molecule has 0 aliphatic carbocycles. The Balaban J connectivity index is 1.36. The van der Waals surface area contributed by atoms with Crippen molar-refractivity contribution in [3.8, 4) is 0 Å². The molecule has 0 radical (unpaired) electrons. The van der Waals surface area contributed by atoms with E-state index in [1.165, 1.54) is 16.8 Å². The van der Waals surface area contributed by atoms with E-state index in [0.29, 0.717) is 5.82 Å². The molecule has 0 amide bonds. The normalized spacial score (nSPS) is 16.1. The van der Waals surface area contributed by atoms with Gasteiger partial charge in [0, 0.05) is 37.9 Å². The third kappa shape index (κ3) is 5.34. The molecule has 172 valence electrons. The predicted octanol–water partition coefficient (Wildman–Crippen LogP) is 5.05. The first-order valence-corrected chi connectivity index (χ1v) is 11.8. The summed E-state index contributed by atoms with van der Waals surface area (Å²) < 4.78 is 0. The number of aromatic nitrogens is 2. The predicted molar refractivity (Wildman–Crippen MR) is 143 cm³/mol. The molecule has 2 aromatic carbocycles. The van der Waals surface area contributed by atoms with Crippen LogP contribution < -0.4 is 15.1 Å². The summed E-state index contributed by atoms with van der Waals surface area (Å²) in [5.41, 5.74) is 4.93. The van der Waals surface area contributed by atoms with Crippen LogP contribution in [0.3, 0.4) is 0 Å². The average Bonchev–Trinajstić information content (AvgIpc) is 3.28. The van der Waals surface area contributed by atoms with E-state index in [-0.39, 0.29) is 0 Å². The van der Waals surface area contributed by atoms with E-state index in [2.05, 4.69) is 82.5 Å². The van der Waals surface area contributed by atoms with Crippen molar-refractivity contribution in [2.75, 3.05) is 47.8 Å². The van der Waals surface area contributed by atoms with E-state index in [4.69, 9.17) is 9.97 Å². The van der Waals surface area contributed by atoms with E-state index in [0.717, 1.165) is 55.8 Å². The number of amidine groups is 1. The molecule has 2 aliphatic rings. The van der Waals surface area contributed by atoms with Gasteiger partial charge < -0.3 is 15.1 Å². The quantitative estimate of drug-likeness (QED) is 0.589. The number of aryl methyl sites for hydroxylation is 1. The molecule has 34 heavy (non-hydrogen) atoms. The van der Waals surface area contributed by atoms with Crippen molar-refractivity contribution >= 4 is 35.3 Å². The fourth-order valence-corrected chi connectivity index (χ4v) is 4.18. The number of hydrogen-bond donors (Lipinski definition) is 1. The largest absolute Gasteiger partial charge is 0.368 e. The van der Waals surface area contributed by atoms with Gasteiger partial charge in [-0.25, -0.2) is 9.97 Å². The van der Waals surface area contributed by atoms with Crippen LogP contribution in [0.1, 0.15) is 23.9 Å². The van der Waals surface area contributed by atoms with Crippen LogP contribution in [0.15, 0.2) is 77.3 Å². The maximum absolute atomic E-state index is 4.89. The molecule has 1 aromatic heterocycles. The number of nitrogens with zero attached hydrogens (tertiary/aromatic N) is 5. The highest BCUT2D eigenvalue weighted by Crippen LogP contribution is 2.23. The summed E-state index contributed by atoms with van der Waals surface area (Å²) in [6.07, 6.45) is 6.10. The van der Waals surface area contributed by atoms with Crippen molar-refractivity contribution < 1.29 is 0 Å². The van der Waals surface area contributed by atoms with Crippen molar-refractivity contribution in [3.63, 3.8) is 0 Å². The lowest BCUT2D eigenvalue weighted by molar-refractivity contribution is 0.646. The summed E-state index contributed by atoms with van der Waals surface area (Å²) in [6, 6.07) is 21.0. The van der Waals surface area contributed by atoms with Crippen LogP contribution >= 0.6 is 0 Å². The smallest absolute Gasteiger partial charge is 0.156 e. The Morgan fingerprint density at radius 2 is 1.56 bits per heavy atom. The van der Waals surface area contributed by atoms with Crippen LogP contribution in [-0.2, 0) is 0 Å². The molecule has 6 heteroatoms. The van der Waals surface area contributed by atoms with E-state index in [1.54, 1.807) is 0 Å². The Labute approximate surface area is 201 Å². The van der Waals surface area contributed by atoms with Gasteiger partial charge in [-0.3, -0.25) is 4.99 Å². The number of anilines is 3. The lowest BCUT2D eigenvalue weighted by atomic mass is 10.2. The fourth-order valence-electron chi connectivity index (χ4n) is 4.18. The second kappa shape index (κ2) is 9.91. The van der Waals surface area contributed by atoms with Crippen molar-refractivity contribution in [3.05, 3.63) is 89.3 Å². The molecule has 0 saturated carbocycles. The van der Waals surface area contributed by atoms with Crippen molar-refractivity contribution in [1.82, 2.24) is 9.97 Å². The molecule has 2 aliphatic heterocycles. The number of aliphatic imine (C=N–C) groups is 1. The van der Waals surface area contributed by atoms with Crippen LogP contribution in [0.25, 0.3) is 12.2 Å². The topological polar surface area (TPSA) is 56.6 Å². The highest BCUT2D eigenvalue weighted by Gasteiger charge is 2.20. The van der Waals surface area contributed by atoms with E-state index >= 15 is 0 Å². The lowest BCUT2D eigenvalue weighted by Crippen LogP contribution is -2.47. The van der Waals surface area contributed by atoms with E-state index in [9.17, 15) is 0 Å². The molecule has 1 N–H and O–H groups in total. The van der Waals surface area contributed by atoms with Crippen molar-refractivity contribution in [1.29, 1.82) is 0 Å². The lowest BCUT2D eigenvalue weighted by Gasteiger charge is -2.37. The van der Waals surface area contributed by atoms with Gasteiger partial charge in [-0.1, -0.05) is 54.1 Å². The summed E-state index contributed by atoms with van der Waals surface area (Å²) in [7, 11) is 0. The monoisotopic (exact) mass is 450 g/mol. The standard InChI is InChI=1S/C28H30N6/c1-21-8-11-24(12-9-21)33-14-16-34(17-15-33)28-19-27(31-26-18-22(2)20-29-26)30-25(32-28)13-10-23-6-4-3-5-7-23/h3-13,18-19H,14-17,20H2,1-2H3,(H,29,30,31,32)/b13-10+. The second-order valence-electron chi connectivity index (χ2n) is 8.84. The molecule has 3 aromatic rings. The van der Waals surface area contributed by atoms with Gasteiger partial charge in [-0.2, -0.15) is 0 Å². The third-order valence-electron chi connectivity index (χ3n) is 6.10. The first-order valence-electron chi connectivity index (χ1n) is 11.8. The Bertz CT molecular complexity index is 1220. The van der Waals surface area contributed by atoms with Gasteiger partial charge >= 0.3 is 0 Å². The van der Waals surface area contributed by atoms with Crippen LogP contribution in [-0.4, -0.2) is 48.5 Å². The van der Waals surface area contributed by atoms with Gasteiger partial charge in [0.15, 0.2) is 5.82 Å². The molecular formula is C28H30N6. The number of piperazine rings is 1. The molecule has 0 unspecified atom stereocenters. The first-order chi connectivity index (χ1) is 16.6. The molecule has 5 rings (SSSR count). The zero-order valence-electron chi connectivity index (χ0n) is 19.8. The van der Waals surface area contributed by atoms with E-state index < -0.39 is 0 Å². The maximum atomic E-state index is 4.89. The highest BCUT2D eigenvalue weighted by molar-refractivity contribution is 6.05. The minimum Gasteiger partial charge on any atom is -0.368 e. The number of hydrogen-bond acceptors (Lipinski definition) is 6. The summed E-state index contributed by atoms with van der Waals surface area (Å²) >= 11 is 0. The first kappa shape index (κ1) is 21.9. The van der Waals surface area contributed by atoms with Crippen molar-refractivity contribution in [2.45, 2.75) is 13.8 Å². The third-order valence-corrected chi connectivity index (χ3v) is 6.10. The average molecular weight is 451 g/mol. The summed E-state index contributed by atoms with van der Waals surface area (Å²) in [5, 5.41) is 3.38. The number of benzene rings is 2. The highest BCUT2D eigenvalue weighted by atomic mass is 15.3. The Morgan fingerprint density at radius 1 is 0.824 bits per heavy atom. The van der Waals surface area contributed by atoms with Gasteiger partial charge in [0.1, 0.15) is 17.5 Å². The summed E-state index contributed by atoms with van der Waals surface area (Å²) in [4.78, 5) is 19.0. The summed E-state index contributed by atoms with van der Waals surface area (Å²) in [6.45, 7) is 8.69. The Hall–Kier alpha value is -3.93. The fraction of sp³-hybridized carbons (Fsp3) is 0.250. The van der Waals surface area contributed by atoms with Crippen LogP contribution in [0.5, 0.6) is 0 Å². The molecule has 0 atom stereocenters. The molecule has 0 spiro atoms. The zero-order chi connectivity index (χ0) is 23.3. The van der Waals surface area contributed by atoms with Crippen molar-refractivity contribution in [2.24, 2.45) is 4.99 Å². The Kier molecular flexibility index (Phi) is 6.38. The Morgan fingerprint density at radius 3 is 2.26 bits per heavy atom. The van der Waals surface area contributed by atoms with Crippen LogP contribution in [0.2, 0.25) is 0 Å². The minimum atomic E-state index is 0.684. The van der Waals surface area contributed by atoms with Gasteiger partial charge in [0.25, 0.3) is 0 Å². The number of nitrogens with one attached hydrogen (secondary N) is 1. The molecule has 3 heterocycles. The van der Waals surface area contributed by atoms with Gasteiger partial charge in [-0.15, -0.1) is 0 Å². The summed E-state index contributed by atoms with van der Waals surface area (Å²) in [5.74, 6) is 3.24. The maximum Gasteiger partial charge on any atom is 0.156 e. The molecule has 6 nitrogen and oxygen atoms in total. The van der Waals surface area contributed by atoms with Gasteiger partial charge in [-0.05, 0) is 49.3 Å². The number of rotatable bonds is 5.